The van der Waals surface area contributed by atoms with Gasteiger partial charge in [0.15, 0.2) is 0 Å². The van der Waals surface area contributed by atoms with E-state index in [1.165, 1.54) is 24.3 Å². The number of hydrogen-bond donors (Lipinski definition) is 1. The molecule has 7 nitrogen and oxygen atoms in total. The lowest BCUT2D eigenvalue weighted by Crippen LogP contribution is -2.40. The molecule has 0 unspecified atom stereocenters. The van der Waals surface area contributed by atoms with E-state index in [0.717, 1.165) is 15.6 Å². The number of hydrazone groups is 1. The van der Waals surface area contributed by atoms with Crippen molar-refractivity contribution in [2.24, 2.45) is 5.10 Å². The fraction of sp³-hybridized carbons (Fsp3) is 0.167. The number of benzene rings is 3. The van der Waals surface area contributed by atoms with Crippen LogP contribution in [0.25, 0.3) is 0 Å². The van der Waals surface area contributed by atoms with E-state index in [2.05, 4.69) is 10.5 Å². The van der Waals surface area contributed by atoms with Gasteiger partial charge in [-0.25, -0.2) is 13.8 Å². The molecule has 34 heavy (non-hydrogen) atoms. The van der Waals surface area contributed by atoms with Gasteiger partial charge in [-0.1, -0.05) is 47.5 Å². The van der Waals surface area contributed by atoms with E-state index in [1.807, 2.05) is 19.1 Å². The molecule has 0 aliphatic rings. The van der Waals surface area contributed by atoms with Crippen LogP contribution in [-0.2, 0) is 14.8 Å². The van der Waals surface area contributed by atoms with Gasteiger partial charge in [0, 0.05) is 0 Å². The predicted octanol–water partition coefficient (Wildman–Crippen LogP) is 5.13. The van der Waals surface area contributed by atoms with Crippen LogP contribution in [0.2, 0.25) is 10.0 Å². The molecule has 0 saturated carbocycles. The number of rotatable bonds is 9. The van der Waals surface area contributed by atoms with Crippen molar-refractivity contribution in [3.8, 4) is 5.75 Å². The van der Waals surface area contributed by atoms with Gasteiger partial charge in [0.25, 0.3) is 15.9 Å². The van der Waals surface area contributed by atoms with Crippen LogP contribution in [0, 0.1) is 0 Å². The predicted molar refractivity (Wildman–Crippen MR) is 135 cm³/mol. The third kappa shape index (κ3) is 6.08. The van der Waals surface area contributed by atoms with Crippen LogP contribution in [0.4, 0.5) is 5.69 Å². The molecule has 1 amide bonds. The number of nitrogens with one attached hydrogen (secondary N) is 1. The van der Waals surface area contributed by atoms with Gasteiger partial charge in [0.1, 0.15) is 12.3 Å². The van der Waals surface area contributed by atoms with Crippen LogP contribution >= 0.6 is 23.2 Å². The Hall–Kier alpha value is -3.07. The molecular weight excluding hydrogens is 497 g/mol. The fourth-order valence-corrected chi connectivity index (χ4v) is 4.94. The Bertz CT molecular complexity index is 1280. The summed E-state index contributed by atoms with van der Waals surface area (Å²) in [5.41, 5.74) is 3.81. The second-order valence-corrected chi connectivity index (χ2v) is 9.73. The summed E-state index contributed by atoms with van der Waals surface area (Å²) in [6.45, 7) is 3.62. The summed E-state index contributed by atoms with van der Waals surface area (Å²) in [6.07, 6.45) is 0. The topological polar surface area (TPSA) is 88.1 Å². The van der Waals surface area contributed by atoms with Gasteiger partial charge in [-0.05, 0) is 67.9 Å². The molecule has 0 fully saturated rings. The Morgan fingerprint density at radius 2 is 1.68 bits per heavy atom. The summed E-state index contributed by atoms with van der Waals surface area (Å²) in [7, 11) is -4.12. The minimum absolute atomic E-state index is 0.00733. The van der Waals surface area contributed by atoms with Crippen molar-refractivity contribution in [3.63, 3.8) is 0 Å². The number of hydrogen-bond acceptors (Lipinski definition) is 5. The first kappa shape index (κ1) is 25.6. The molecule has 0 atom stereocenters. The summed E-state index contributed by atoms with van der Waals surface area (Å²) < 4.78 is 33.1. The quantitative estimate of drug-likeness (QED) is 0.313. The smallest absolute Gasteiger partial charge is 0.264 e. The van der Waals surface area contributed by atoms with Gasteiger partial charge in [-0.3, -0.25) is 9.10 Å². The van der Waals surface area contributed by atoms with Gasteiger partial charge < -0.3 is 4.74 Å². The highest BCUT2D eigenvalue weighted by Crippen LogP contribution is 2.35. The highest BCUT2D eigenvalue weighted by molar-refractivity contribution is 7.92. The van der Waals surface area contributed by atoms with Crippen molar-refractivity contribution < 1.29 is 17.9 Å². The molecule has 0 spiro atoms. The van der Waals surface area contributed by atoms with Crippen LogP contribution < -0.4 is 14.5 Å². The maximum atomic E-state index is 13.4. The number of carbonyl (C=O) groups excluding carboxylic acids is 1. The monoisotopic (exact) mass is 519 g/mol. The Balaban J connectivity index is 1.85. The molecule has 0 aliphatic heterocycles. The van der Waals surface area contributed by atoms with Crippen LogP contribution in [0.3, 0.4) is 0 Å². The second kappa shape index (κ2) is 11.4. The van der Waals surface area contributed by atoms with E-state index in [0.29, 0.717) is 12.3 Å². The molecule has 0 saturated heterocycles. The zero-order chi connectivity index (χ0) is 24.7. The normalized spacial score (nSPS) is 11.7. The molecule has 0 aromatic heterocycles. The van der Waals surface area contributed by atoms with Crippen molar-refractivity contribution in [2.45, 2.75) is 18.7 Å². The Kier molecular flexibility index (Phi) is 8.55. The van der Waals surface area contributed by atoms with Crippen molar-refractivity contribution in [1.82, 2.24) is 5.43 Å². The van der Waals surface area contributed by atoms with Gasteiger partial charge in [0.2, 0.25) is 0 Å². The van der Waals surface area contributed by atoms with Gasteiger partial charge in [-0.2, -0.15) is 5.10 Å². The molecule has 3 rings (SSSR count). The van der Waals surface area contributed by atoms with Crippen LogP contribution in [0.5, 0.6) is 5.75 Å². The lowest BCUT2D eigenvalue weighted by molar-refractivity contribution is -0.119. The van der Waals surface area contributed by atoms with E-state index in [1.54, 1.807) is 43.3 Å². The molecule has 3 aromatic rings. The molecule has 0 heterocycles. The third-order valence-electron chi connectivity index (χ3n) is 4.75. The molecule has 3 aromatic carbocycles. The Labute approximate surface area is 209 Å². The largest absolute Gasteiger partial charge is 0.494 e. The average molecular weight is 520 g/mol. The van der Waals surface area contributed by atoms with Gasteiger partial charge >= 0.3 is 0 Å². The van der Waals surface area contributed by atoms with E-state index in [9.17, 15) is 13.2 Å². The number of sulfonamides is 1. The van der Waals surface area contributed by atoms with Gasteiger partial charge in [-0.15, -0.1) is 0 Å². The van der Waals surface area contributed by atoms with Crippen molar-refractivity contribution in [3.05, 3.63) is 88.4 Å². The molecule has 0 bridgehead atoms. The highest BCUT2D eigenvalue weighted by atomic mass is 35.5. The minimum Gasteiger partial charge on any atom is -0.494 e. The summed E-state index contributed by atoms with van der Waals surface area (Å²) in [4.78, 5) is 12.8. The number of ether oxygens (including phenoxy) is 1. The molecule has 0 aliphatic carbocycles. The first-order chi connectivity index (χ1) is 16.2. The number of halogens is 2. The number of carbonyl (C=O) groups is 1. The maximum Gasteiger partial charge on any atom is 0.264 e. The summed E-state index contributed by atoms with van der Waals surface area (Å²) >= 11 is 12.4. The number of amides is 1. The Morgan fingerprint density at radius 3 is 2.32 bits per heavy atom. The van der Waals surface area contributed by atoms with Crippen LogP contribution in [-0.4, -0.2) is 33.2 Å². The molecule has 178 valence electrons. The lowest BCUT2D eigenvalue weighted by atomic mass is 10.1. The number of anilines is 1. The van der Waals surface area contributed by atoms with E-state index in [-0.39, 0.29) is 20.6 Å². The van der Waals surface area contributed by atoms with Crippen LogP contribution in [0.1, 0.15) is 19.4 Å². The van der Waals surface area contributed by atoms with E-state index in [4.69, 9.17) is 27.9 Å². The van der Waals surface area contributed by atoms with Crippen molar-refractivity contribution >= 4 is 50.5 Å². The standard InChI is InChI=1S/C24H23Cl2N3O4S/c1-3-33-19-14-12-18(13-15-19)17(2)27-28-23(30)16-29(22-11-7-10-21(25)24(22)26)34(31,32)20-8-5-4-6-9-20/h4-15H,3,16H2,1-2H3,(H,28,30)/b27-17+. The fourth-order valence-electron chi connectivity index (χ4n) is 3.04. The molecule has 0 radical (unpaired) electrons. The first-order valence-corrected chi connectivity index (χ1v) is 12.5. The van der Waals surface area contributed by atoms with E-state index < -0.39 is 22.5 Å². The SMILES string of the molecule is CCOc1ccc(/C(C)=N/NC(=O)CN(c2cccc(Cl)c2Cl)S(=O)(=O)c2ccccc2)cc1. The van der Waals surface area contributed by atoms with Gasteiger partial charge in [0.05, 0.1) is 32.9 Å². The molecule has 1 N–H and O–H groups in total. The first-order valence-electron chi connectivity index (χ1n) is 10.3. The van der Waals surface area contributed by atoms with Crippen LogP contribution in [0.15, 0.2) is 82.8 Å². The molecule has 10 heteroatoms. The number of nitrogens with zero attached hydrogens (tertiary/aromatic N) is 2. The summed E-state index contributed by atoms with van der Waals surface area (Å²) in [5, 5.41) is 4.29. The van der Waals surface area contributed by atoms with Crippen molar-refractivity contribution in [1.29, 1.82) is 0 Å². The lowest BCUT2D eigenvalue weighted by Gasteiger charge is -2.25. The third-order valence-corrected chi connectivity index (χ3v) is 7.33. The average Bonchev–Trinajstić information content (AvgIpc) is 2.84. The highest BCUT2D eigenvalue weighted by Gasteiger charge is 2.29. The zero-order valence-corrected chi connectivity index (χ0v) is 20.9. The molecular formula is C24H23Cl2N3O4S. The minimum atomic E-state index is -4.12. The summed E-state index contributed by atoms with van der Waals surface area (Å²) in [5.74, 6) is 0.0732. The van der Waals surface area contributed by atoms with Crippen molar-refractivity contribution in [2.75, 3.05) is 17.5 Å². The Morgan fingerprint density at radius 1 is 1.00 bits per heavy atom. The zero-order valence-electron chi connectivity index (χ0n) is 18.5. The second-order valence-electron chi connectivity index (χ2n) is 7.09. The summed E-state index contributed by atoms with van der Waals surface area (Å²) in [6, 6.07) is 19.6. The van der Waals surface area contributed by atoms with E-state index >= 15 is 0 Å². The maximum absolute atomic E-state index is 13.4.